The fourth-order valence-corrected chi connectivity index (χ4v) is 0.848. The van der Waals surface area contributed by atoms with E-state index in [1.54, 1.807) is 13.0 Å². The van der Waals surface area contributed by atoms with Gasteiger partial charge >= 0.3 is 0 Å². The second kappa shape index (κ2) is 4.98. The Balaban J connectivity index is 2.40. The van der Waals surface area contributed by atoms with Crippen molar-refractivity contribution in [1.29, 1.82) is 0 Å². The van der Waals surface area contributed by atoms with Crippen LogP contribution in [0.25, 0.3) is 0 Å². The number of carbonyl (C=O) groups is 1. The van der Waals surface area contributed by atoms with Crippen molar-refractivity contribution >= 4 is 11.6 Å². The average Bonchev–Trinajstić information content (AvgIpc) is 2.17. The first-order valence-electron chi connectivity index (χ1n) is 4.06. The van der Waals surface area contributed by atoms with Crippen LogP contribution in [0.3, 0.4) is 0 Å². The first-order chi connectivity index (χ1) is 6.33. The molecule has 1 rings (SSSR count). The summed E-state index contributed by atoms with van der Waals surface area (Å²) >= 11 is 0. The Morgan fingerprint density at radius 3 is 2.62 bits per heavy atom. The highest BCUT2D eigenvalue weighted by Gasteiger charge is 1.92. The molecule has 0 radical (unpaired) electrons. The number of amides is 1. The number of allylic oxidation sites excluding steroid dienone is 1. The minimum absolute atomic E-state index is 0.161. The Hall–Kier alpha value is -1.77. The molecule has 13 heavy (non-hydrogen) atoms. The van der Waals surface area contributed by atoms with Gasteiger partial charge in [0.1, 0.15) is 0 Å². The summed E-state index contributed by atoms with van der Waals surface area (Å²) in [5.41, 5.74) is 6.16. The minimum Gasteiger partial charge on any atom is -0.298 e. The number of hydrazine groups is 1. The van der Waals surface area contributed by atoms with Crippen LogP contribution in [0, 0.1) is 0 Å². The molecule has 2 N–H and O–H groups in total. The minimum atomic E-state index is -0.161. The molecule has 0 aliphatic heterocycles. The predicted octanol–water partition coefficient (Wildman–Crippen LogP) is 1.71. The zero-order valence-electron chi connectivity index (χ0n) is 7.45. The Labute approximate surface area is 77.4 Å². The van der Waals surface area contributed by atoms with E-state index >= 15 is 0 Å². The van der Waals surface area contributed by atoms with Gasteiger partial charge in [-0.2, -0.15) is 0 Å². The van der Waals surface area contributed by atoms with Crippen LogP contribution < -0.4 is 10.9 Å². The number of para-hydroxylation sites is 1. The molecule has 1 aromatic carbocycles. The van der Waals surface area contributed by atoms with Crippen molar-refractivity contribution in [3.8, 4) is 0 Å². The molecule has 0 aliphatic rings. The lowest BCUT2D eigenvalue weighted by molar-refractivity contribution is -0.116. The molecule has 0 spiro atoms. The predicted molar refractivity (Wildman–Crippen MR) is 53.0 cm³/mol. The van der Waals surface area contributed by atoms with Crippen LogP contribution in [0.4, 0.5) is 5.69 Å². The summed E-state index contributed by atoms with van der Waals surface area (Å²) in [5.74, 6) is -0.161. The quantitative estimate of drug-likeness (QED) is 0.543. The number of rotatable bonds is 3. The number of nitrogens with one attached hydrogen (secondary N) is 2. The van der Waals surface area contributed by atoms with E-state index in [0.29, 0.717) is 0 Å². The first-order valence-corrected chi connectivity index (χ1v) is 4.06. The van der Waals surface area contributed by atoms with E-state index in [9.17, 15) is 4.79 Å². The van der Waals surface area contributed by atoms with Crippen molar-refractivity contribution in [2.24, 2.45) is 0 Å². The van der Waals surface area contributed by atoms with Crippen molar-refractivity contribution in [2.45, 2.75) is 6.92 Å². The van der Waals surface area contributed by atoms with E-state index in [1.165, 1.54) is 6.08 Å². The zero-order chi connectivity index (χ0) is 9.52. The van der Waals surface area contributed by atoms with Crippen LogP contribution >= 0.6 is 0 Å². The molecule has 0 aliphatic carbocycles. The molecule has 1 amide bonds. The first kappa shape index (κ1) is 9.32. The van der Waals surface area contributed by atoms with E-state index < -0.39 is 0 Å². The van der Waals surface area contributed by atoms with Gasteiger partial charge in [0.25, 0.3) is 5.91 Å². The second-order valence-electron chi connectivity index (χ2n) is 2.48. The molecule has 0 aromatic heterocycles. The zero-order valence-corrected chi connectivity index (χ0v) is 7.45. The summed E-state index contributed by atoms with van der Waals surface area (Å²) in [6.07, 6.45) is 3.14. The van der Waals surface area contributed by atoms with Gasteiger partial charge in [0, 0.05) is 6.08 Å². The van der Waals surface area contributed by atoms with Gasteiger partial charge in [0.05, 0.1) is 5.69 Å². The molecule has 68 valence electrons. The molecule has 0 bridgehead atoms. The number of benzene rings is 1. The summed E-state index contributed by atoms with van der Waals surface area (Å²) in [4.78, 5) is 11.0. The smallest absolute Gasteiger partial charge is 0.261 e. The van der Waals surface area contributed by atoms with Gasteiger partial charge in [-0.15, -0.1) is 0 Å². The highest BCUT2D eigenvalue weighted by Crippen LogP contribution is 2.02. The maximum absolute atomic E-state index is 11.0. The van der Waals surface area contributed by atoms with Crippen LogP contribution in [0.5, 0.6) is 0 Å². The summed E-state index contributed by atoms with van der Waals surface area (Å²) < 4.78 is 0. The molecule has 0 unspecified atom stereocenters. The van der Waals surface area contributed by atoms with Gasteiger partial charge in [-0.25, -0.2) is 0 Å². The maximum atomic E-state index is 11.0. The molecule has 0 heterocycles. The van der Waals surface area contributed by atoms with Crippen molar-refractivity contribution in [3.05, 3.63) is 42.5 Å². The van der Waals surface area contributed by atoms with Crippen LogP contribution in [-0.2, 0) is 4.79 Å². The van der Waals surface area contributed by atoms with Crippen LogP contribution in [0.15, 0.2) is 42.5 Å². The van der Waals surface area contributed by atoms with Gasteiger partial charge < -0.3 is 0 Å². The van der Waals surface area contributed by atoms with E-state index in [-0.39, 0.29) is 5.91 Å². The topological polar surface area (TPSA) is 41.1 Å². The number of anilines is 1. The number of hydrogen-bond donors (Lipinski definition) is 2. The van der Waals surface area contributed by atoms with Gasteiger partial charge in [-0.3, -0.25) is 15.6 Å². The fourth-order valence-electron chi connectivity index (χ4n) is 0.848. The van der Waals surface area contributed by atoms with E-state index in [0.717, 1.165) is 5.69 Å². The lowest BCUT2D eigenvalue weighted by atomic mass is 10.3. The highest BCUT2D eigenvalue weighted by molar-refractivity contribution is 5.88. The van der Waals surface area contributed by atoms with Crippen LogP contribution in [-0.4, -0.2) is 5.91 Å². The summed E-state index contributed by atoms with van der Waals surface area (Å²) in [6.45, 7) is 1.79. The van der Waals surface area contributed by atoms with Gasteiger partial charge in [0.2, 0.25) is 0 Å². The molecule has 0 saturated carbocycles. The standard InChI is InChI=1S/C10H12N2O/c1-2-6-10(13)12-11-9-7-4-3-5-8-9/h2-8,11H,1H3,(H,12,13)/b6-2+. The van der Waals surface area contributed by atoms with Crippen LogP contribution in [0.2, 0.25) is 0 Å². The normalized spacial score (nSPS) is 9.92. The Bertz CT molecular complexity index is 293. The average molecular weight is 176 g/mol. The third kappa shape index (κ3) is 3.42. The summed E-state index contributed by atoms with van der Waals surface area (Å²) in [6, 6.07) is 9.44. The van der Waals surface area contributed by atoms with Crippen LogP contribution in [0.1, 0.15) is 6.92 Å². The molecule has 1 aromatic rings. The van der Waals surface area contributed by atoms with Crippen molar-refractivity contribution in [2.75, 3.05) is 5.43 Å². The second-order valence-corrected chi connectivity index (χ2v) is 2.48. The SMILES string of the molecule is C/C=C/C(=O)NNc1ccccc1. The lowest BCUT2D eigenvalue weighted by Gasteiger charge is -2.04. The molecule has 0 atom stereocenters. The van der Waals surface area contributed by atoms with E-state index in [2.05, 4.69) is 10.9 Å². The van der Waals surface area contributed by atoms with Crippen molar-refractivity contribution < 1.29 is 4.79 Å². The van der Waals surface area contributed by atoms with Gasteiger partial charge in [0.15, 0.2) is 0 Å². The molecule has 0 saturated heterocycles. The Kier molecular flexibility index (Phi) is 3.57. The molecule has 3 nitrogen and oxygen atoms in total. The van der Waals surface area contributed by atoms with E-state index in [1.807, 2.05) is 30.3 Å². The lowest BCUT2D eigenvalue weighted by Crippen LogP contribution is -2.27. The monoisotopic (exact) mass is 176 g/mol. The molecular formula is C10H12N2O. The molecular weight excluding hydrogens is 164 g/mol. The van der Waals surface area contributed by atoms with E-state index in [4.69, 9.17) is 0 Å². The highest BCUT2D eigenvalue weighted by atomic mass is 16.2. The molecule has 3 heteroatoms. The Morgan fingerprint density at radius 1 is 1.31 bits per heavy atom. The maximum Gasteiger partial charge on any atom is 0.261 e. The largest absolute Gasteiger partial charge is 0.298 e. The number of hydrogen-bond acceptors (Lipinski definition) is 2. The van der Waals surface area contributed by atoms with Gasteiger partial charge in [-0.1, -0.05) is 24.3 Å². The molecule has 0 fully saturated rings. The van der Waals surface area contributed by atoms with Crippen molar-refractivity contribution in [1.82, 2.24) is 5.43 Å². The summed E-state index contributed by atoms with van der Waals surface area (Å²) in [7, 11) is 0. The Morgan fingerprint density at radius 2 is 2.00 bits per heavy atom. The van der Waals surface area contributed by atoms with Crippen molar-refractivity contribution in [3.63, 3.8) is 0 Å². The van der Waals surface area contributed by atoms with Gasteiger partial charge in [-0.05, 0) is 19.1 Å². The fraction of sp³-hybridized carbons (Fsp3) is 0.100. The number of carbonyl (C=O) groups excluding carboxylic acids is 1. The third-order valence-electron chi connectivity index (χ3n) is 1.42. The third-order valence-corrected chi connectivity index (χ3v) is 1.42. The summed E-state index contributed by atoms with van der Waals surface area (Å²) in [5, 5.41) is 0.